The maximum Gasteiger partial charge on any atom is 0.310 e. The molecule has 1 aliphatic heterocycles. The van der Waals surface area contributed by atoms with Crippen molar-refractivity contribution >= 4 is 17.6 Å². The third-order valence-corrected chi connectivity index (χ3v) is 5.34. The molecule has 1 saturated heterocycles. The SMILES string of the molecule is COC(=O)[C@H]1CCN(C(=O)c2cc(-c3c(O)cccc3OC)n(C3=C=C=C(F)C=C3)n2)C1. The number of phenols is 1. The minimum atomic E-state index is -0.593. The van der Waals surface area contributed by atoms with Crippen molar-refractivity contribution < 1.29 is 28.6 Å². The number of hydrogen-bond acceptors (Lipinski definition) is 6. The second-order valence-electron chi connectivity index (χ2n) is 7.26. The second kappa shape index (κ2) is 8.59. The molecule has 0 spiro atoms. The van der Waals surface area contributed by atoms with Crippen molar-refractivity contribution in [3.8, 4) is 22.8 Å². The molecule has 1 aliphatic carbocycles. The van der Waals surface area contributed by atoms with Crippen molar-refractivity contribution in [1.29, 1.82) is 0 Å². The van der Waals surface area contributed by atoms with E-state index in [0.29, 0.717) is 35.7 Å². The van der Waals surface area contributed by atoms with Crippen LogP contribution in [0.2, 0.25) is 0 Å². The normalized spacial score (nSPS) is 17.2. The molecule has 2 aliphatic rings. The van der Waals surface area contributed by atoms with E-state index in [4.69, 9.17) is 9.47 Å². The quantitative estimate of drug-likeness (QED) is 0.571. The van der Waals surface area contributed by atoms with Gasteiger partial charge in [0, 0.05) is 13.1 Å². The van der Waals surface area contributed by atoms with E-state index in [1.165, 1.54) is 48.1 Å². The Morgan fingerprint density at radius 2 is 2.06 bits per heavy atom. The van der Waals surface area contributed by atoms with Crippen LogP contribution in [0.5, 0.6) is 11.5 Å². The fraction of sp³-hybridized carbons (Fsp3) is 0.261. The van der Waals surface area contributed by atoms with Crippen LogP contribution in [-0.4, -0.2) is 59.0 Å². The number of rotatable bonds is 5. The van der Waals surface area contributed by atoms with Crippen molar-refractivity contribution in [1.82, 2.24) is 14.7 Å². The Kier molecular flexibility index (Phi) is 5.69. The summed E-state index contributed by atoms with van der Waals surface area (Å²) in [6.45, 7) is 0.612. The number of nitrogens with zero attached hydrogens (tertiary/aromatic N) is 3. The van der Waals surface area contributed by atoms with Crippen LogP contribution in [0.4, 0.5) is 4.39 Å². The lowest BCUT2D eigenvalue weighted by Gasteiger charge is -2.14. The summed E-state index contributed by atoms with van der Waals surface area (Å²) in [4.78, 5) is 26.5. The molecule has 4 rings (SSSR count). The highest BCUT2D eigenvalue weighted by Crippen LogP contribution is 2.39. The van der Waals surface area contributed by atoms with Crippen LogP contribution in [0, 0.1) is 5.92 Å². The van der Waals surface area contributed by atoms with Gasteiger partial charge in [0.1, 0.15) is 17.2 Å². The molecule has 32 heavy (non-hydrogen) atoms. The average Bonchev–Trinajstić information content (AvgIpc) is 3.46. The summed E-state index contributed by atoms with van der Waals surface area (Å²) in [6.07, 6.45) is 3.13. The molecule has 2 heterocycles. The molecule has 8 nitrogen and oxygen atoms in total. The van der Waals surface area contributed by atoms with Crippen molar-refractivity contribution in [3.63, 3.8) is 0 Å². The van der Waals surface area contributed by atoms with Crippen LogP contribution >= 0.6 is 0 Å². The molecule has 1 aromatic carbocycles. The highest BCUT2D eigenvalue weighted by molar-refractivity contribution is 5.95. The number of carbonyl (C=O) groups is 2. The Morgan fingerprint density at radius 3 is 2.75 bits per heavy atom. The highest BCUT2D eigenvalue weighted by atomic mass is 19.1. The number of carbonyl (C=O) groups excluding carboxylic acids is 2. The molecular formula is C23H20FN3O5. The van der Waals surface area contributed by atoms with E-state index in [9.17, 15) is 19.1 Å². The van der Waals surface area contributed by atoms with Crippen LogP contribution in [-0.2, 0) is 9.53 Å². The number of phenolic OH excluding ortho intramolecular Hbond substituents is 1. The monoisotopic (exact) mass is 437 g/mol. The maximum absolute atomic E-state index is 13.4. The lowest BCUT2D eigenvalue weighted by atomic mass is 10.1. The molecule has 1 amide bonds. The van der Waals surface area contributed by atoms with Gasteiger partial charge in [-0.2, -0.15) is 9.49 Å². The first-order valence-corrected chi connectivity index (χ1v) is 9.86. The first-order valence-electron chi connectivity index (χ1n) is 9.86. The van der Waals surface area contributed by atoms with Crippen LogP contribution < -0.4 is 4.74 Å². The number of ether oxygens (including phenoxy) is 2. The molecule has 0 saturated carbocycles. The first kappa shape index (κ1) is 21.2. The molecule has 9 heteroatoms. The Bertz CT molecular complexity index is 1230. The predicted molar refractivity (Wildman–Crippen MR) is 112 cm³/mol. The summed E-state index contributed by atoms with van der Waals surface area (Å²) in [5.41, 5.74) is 6.08. The van der Waals surface area contributed by atoms with E-state index in [-0.39, 0.29) is 35.8 Å². The zero-order chi connectivity index (χ0) is 22.8. The molecule has 0 radical (unpaired) electrons. The van der Waals surface area contributed by atoms with Crippen LogP contribution in [0.15, 0.2) is 53.7 Å². The average molecular weight is 437 g/mol. The molecule has 1 atom stereocenters. The van der Waals surface area contributed by atoms with Gasteiger partial charge in [0.05, 0.1) is 31.4 Å². The van der Waals surface area contributed by atoms with E-state index in [0.717, 1.165) is 0 Å². The summed E-state index contributed by atoms with van der Waals surface area (Å²) in [5.74, 6) is -1.43. The molecule has 1 fully saturated rings. The van der Waals surface area contributed by atoms with Gasteiger partial charge in [-0.25, -0.2) is 4.68 Å². The number of likely N-dealkylation sites (tertiary alicyclic amines) is 1. The zero-order valence-corrected chi connectivity index (χ0v) is 17.5. The number of aromatic hydroxyl groups is 1. The number of halogens is 1. The van der Waals surface area contributed by atoms with Gasteiger partial charge in [-0.1, -0.05) is 6.07 Å². The molecule has 0 bridgehead atoms. The zero-order valence-electron chi connectivity index (χ0n) is 17.5. The van der Waals surface area contributed by atoms with E-state index in [2.05, 4.69) is 16.6 Å². The third kappa shape index (κ3) is 3.83. The van der Waals surface area contributed by atoms with Crippen LogP contribution in [0.1, 0.15) is 16.9 Å². The van der Waals surface area contributed by atoms with Crippen molar-refractivity contribution in [2.24, 2.45) is 5.92 Å². The summed E-state index contributed by atoms with van der Waals surface area (Å²) in [6, 6.07) is 6.29. The van der Waals surface area contributed by atoms with Crippen LogP contribution in [0.25, 0.3) is 17.0 Å². The highest BCUT2D eigenvalue weighted by Gasteiger charge is 2.34. The largest absolute Gasteiger partial charge is 0.507 e. The van der Waals surface area contributed by atoms with E-state index in [1.807, 2.05) is 0 Å². The summed E-state index contributed by atoms with van der Waals surface area (Å²) in [7, 11) is 2.77. The van der Waals surface area contributed by atoms with Gasteiger partial charge in [0.2, 0.25) is 0 Å². The standard InChI is InChI=1S/C23H20FN3O5/c1-31-20-5-3-4-19(28)21(20)18-12-17(25-27(18)16-8-6-15(24)7-9-16)22(29)26-11-10-14(13-26)23(30)32-2/h3-6,8,12,14,28H,10-11,13H2,1-2H3/t14-/m0/s1. The lowest BCUT2D eigenvalue weighted by Crippen LogP contribution is -2.30. The molecule has 1 aromatic heterocycles. The number of amides is 1. The van der Waals surface area contributed by atoms with Gasteiger partial charge < -0.3 is 19.5 Å². The third-order valence-electron chi connectivity index (χ3n) is 5.34. The van der Waals surface area contributed by atoms with Crippen molar-refractivity contribution in [2.45, 2.75) is 6.42 Å². The summed E-state index contributed by atoms with van der Waals surface area (Å²) < 4.78 is 24.9. The van der Waals surface area contributed by atoms with E-state index >= 15 is 0 Å². The fourth-order valence-corrected chi connectivity index (χ4v) is 3.74. The smallest absolute Gasteiger partial charge is 0.310 e. The Balaban J connectivity index is 1.80. The topological polar surface area (TPSA) is 93.9 Å². The van der Waals surface area contributed by atoms with Gasteiger partial charge in [-0.15, -0.1) is 0 Å². The number of hydrogen-bond donors (Lipinski definition) is 1. The van der Waals surface area contributed by atoms with Gasteiger partial charge in [0.15, 0.2) is 11.5 Å². The number of benzene rings is 1. The van der Waals surface area contributed by atoms with Gasteiger partial charge in [-0.05, 0) is 48.2 Å². The molecule has 1 N–H and O–H groups in total. The fourth-order valence-electron chi connectivity index (χ4n) is 3.74. The van der Waals surface area contributed by atoms with Gasteiger partial charge >= 0.3 is 5.97 Å². The Labute approximate surface area is 183 Å². The predicted octanol–water partition coefficient (Wildman–Crippen LogP) is 2.92. The van der Waals surface area contributed by atoms with Crippen molar-refractivity contribution in [3.05, 3.63) is 59.4 Å². The van der Waals surface area contributed by atoms with E-state index < -0.39 is 5.83 Å². The number of esters is 1. The first-order chi connectivity index (χ1) is 15.4. The Hall–Kier alpha value is -4.06. The minimum absolute atomic E-state index is 0.0810. The van der Waals surface area contributed by atoms with Crippen LogP contribution in [0.3, 0.4) is 0 Å². The molecule has 2 aromatic rings. The summed E-state index contributed by atoms with van der Waals surface area (Å²) in [5, 5.41) is 14.9. The second-order valence-corrected chi connectivity index (χ2v) is 7.26. The molecular weight excluding hydrogens is 417 g/mol. The number of allylic oxidation sites excluding steroid dienone is 4. The number of aromatic nitrogens is 2. The van der Waals surface area contributed by atoms with Gasteiger partial charge in [0.25, 0.3) is 5.91 Å². The molecule has 0 unspecified atom stereocenters. The lowest BCUT2D eigenvalue weighted by molar-refractivity contribution is -0.144. The van der Waals surface area contributed by atoms with Gasteiger partial charge in [-0.3, -0.25) is 9.59 Å². The Morgan fingerprint density at radius 1 is 1.25 bits per heavy atom. The maximum atomic E-state index is 13.4. The summed E-state index contributed by atoms with van der Waals surface area (Å²) >= 11 is 0. The van der Waals surface area contributed by atoms with E-state index in [1.54, 1.807) is 12.1 Å². The van der Waals surface area contributed by atoms with Crippen molar-refractivity contribution in [2.75, 3.05) is 27.3 Å². The minimum Gasteiger partial charge on any atom is -0.507 e. The molecule has 164 valence electrons. The number of methoxy groups -OCH3 is 2.